The smallest absolute Gasteiger partial charge is 0.340 e. The Kier molecular flexibility index (Phi) is 6.50. The molecule has 1 saturated heterocycles. The van der Waals surface area contributed by atoms with Crippen molar-refractivity contribution in [3.05, 3.63) is 107 Å². The molecule has 2 aliphatic carbocycles. The second-order valence-electron chi connectivity index (χ2n) is 10.0. The quantitative estimate of drug-likeness (QED) is 0.232. The van der Waals surface area contributed by atoms with Crippen LogP contribution in [0.1, 0.15) is 28.4 Å². The van der Waals surface area contributed by atoms with Gasteiger partial charge in [-0.2, -0.15) is 0 Å². The van der Waals surface area contributed by atoms with Gasteiger partial charge < -0.3 is 14.2 Å². The first-order valence-corrected chi connectivity index (χ1v) is 13.3. The molecule has 1 aliphatic heterocycles. The number of ether oxygens (including phenoxy) is 3. The minimum absolute atomic E-state index is 0.196. The van der Waals surface area contributed by atoms with Gasteiger partial charge in [0.25, 0.3) is 0 Å². The molecule has 3 aromatic rings. The Morgan fingerprint density at radius 2 is 1.25 bits per heavy atom. The summed E-state index contributed by atoms with van der Waals surface area (Å²) in [6, 6.07) is 22.3. The summed E-state index contributed by atoms with van der Waals surface area (Å²) in [5, 5.41) is 0. The standard InChI is InChI=1S/C33H29NO6/c1-4-40-33(37)23-7-5-6-8-26(23)34-31(35)29-24-17-18-25(30(29)32(34)36)28(24)27(19-9-13-21(38-2)14-10-19)20-11-15-22(39-3)16-12-20/h5-18,24-25,29-30H,4H2,1-3H3/t24-,25-,29+,30+/m0/s1. The van der Waals surface area contributed by atoms with Crippen LogP contribution in [-0.4, -0.2) is 38.6 Å². The van der Waals surface area contributed by atoms with Crippen LogP contribution >= 0.6 is 0 Å². The molecular weight excluding hydrogens is 506 g/mol. The second-order valence-corrected chi connectivity index (χ2v) is 10.0. The molecule has 202 valence electrons. The number of allylic oxidation sites excluding steroid dienone is 3. The summed E-state index contributed by atoms with van der Waals surface area (Å²) in [7, 11) is 3.26. The van der Waals surface area contributed by atoms with Crippen LogP contribution in [0.25, 0.3) is 5.57 Å². The number of amides is 2. The van der Waals surface area contributed by atoms with Crippen molar-refractivity contribution in [1.82, 2.24) is 0 Å². The molecule has 7 nitrogen and oxygen atoms in total. The van der Waals surface area contributed by atoms with E-state index in [4.69, 9.17) is 14.2 Å². The molecule has 0 N–H and O–H groups in total. The molecule has 40 heavy (non-hydrogen) atoms. The predicted molar refractivity (Wildman–Crippen MR) is 150 cm³/mol. The average Bonchev–Trinajstić information content (AvgIpc) is 3.62. The monoisotopic (exact) mass is 535 g/mol. The zero-order valence-corrected chi connectivity index (χ0v) is 22.5. The third-order valence-electron chi connectivity index (χ3n) is 8.10. The first-order valence-electron chi connectivity index (χ1n) is 13.3. The minimum Gasteiger partial charge on any atom is -0.497 e. The second kappa shape index (κ2) is 10.2. The largest absolute Gasteiger partial charge is 0.497 e. The zero-order chi connectivity index (χ0) is 28.0. The molecule has 6 rings (SSSR count). The number of rotatable bonds is 7. The molecule has 1 heterocycles. The lowest BCUT2D eigenvalue weighted by atomic mass is 9.85. The Labute approximate surface area is 232 Å². The minimum atomic E-state index is -0.557. The van der Waals surface area contributed by atoms with Gasteiger partial charge in [-0.25, -0.2) is 9.69 Å². The normalized spacial score (nSPS) is 22.5. The van der Waals surface area contributed by atoms with E-state index in [1.54, 1.807) is 45.4 Å². The molecular formula is C33H29NO6. The van der Waals surface area contributed by atoms with Gasteiger partial charge in [0.1, 0.15) is 11.5 Å². The van der Waals surface area contributed by atoms with Gasteiger partial charge in [0.15, 0.2) is 0 Å². The third kappa shape index (κ3) is 3.92. The fraction of sp³-hybridized carbons (Fsp3) is 0.242. The molecule has 2 fully saturated rings. The lowest BCUT2D eigenvalue weighted by molar-refractivity contribution is -0.122. The van der Waals surface area contributed by atoms with Crippen molar-refractivity contribution in [1.29, 1.82) is 0 Å². The van der Waals surface area contributed by atoms with Crippen LogP contribution in [0.3, 0.4) is 0 Å². The van der Waals surface area contributed by atoms with Gasteiger partial charge in [0, 0.05) is 11.8 Å². The van der Waals surface area contributed by atoms with E-state index < -0.39 is 17.8 Å². The number of nitrogens with zero attached hydrogens (tertiary/aromatic N) is 1. The van der Waals surface area contributed by atoms with Crippen LogP contribution in [0, 0.1) is 23.7 Å². The van der Waals surface area contributed by atoms with Gasteiger partial charge in [-0.1, -0.05) is 48.6 Å². The van der Waals surface area contributed by atoms with E-state index in [9.17, 15) is 14.4 Å². The summed E-state index contributed by atoms with van der Waals surface area (Å²) < 4.78 is 16.0. The molecule has 2 bridgehead atoms. The van der Waals surface area contributed by atoms with Gasteiger partial charge >= 0.3 is 5.97 Å². The lowest BCUT2D eigenvalue weighted by Crippen LogP contribution is -2.34. The number of hydrogen-bond acceptors (Lipinski definition) is 6. The lowest BCUT2D eigenvalue weighted by Gasteiger charge is -2.23. The summed E-state index contributed by atoms with van der Waals surface area (Å²) in [6.45, 7) is 1.92. The topological polar surface area (TPSA) is 82.1 Å². The van der Waals surface area contributed by atoms with E-state index >= 15 is 0 Å². The van der Waals surface area contributed by atoms with Crippen molar-refractivity contribution in [2.75, 3.05) is 25.7 Å². The Morgan fingerprint density at radius 3 is 1.73 bits per heavy atom. The van der Waals surface area contributed by atoms with Crippen molar-refractivity contribution in [3.63, 3.8) is 0 Å². The van der Waals surface area contributed by atoms with Crippen molar-refractivity contribution in [2.45, 2.75) is 6.92 Å². The molecule has 2 amide bonds. The summed E-state index contributed by atoms with van der Waals surface area (Å²) in [5.41, 5.74) is 4.50. The summed E-state index contributed by atoms with van der Waals surface area (Å²) in [5.74, 6) is -1.22. The number of hydrogen-bond donors (Lipinski definition) is 0. The van der Waals surface area contributed by atoms with Gasteiger partial charge in [-0.15, -0.1) is 0 Å². The van der Waals surface area contributed by atoms with E-state index in [1.807, 2.05) is 48.5 Å². The Balaban J connectivity index is 1.45. The molecule has 4 atom stereocenters. The molecule has 3 aliphatic rings. The Morgan fingerprint density at radius 1 is 0.750 bits per heavy atom. The van der Waals surface area contributed by atoms with Crippen LogP contribution in [0.2, 0.25) is 0 Å². The van der Waals surface area contributed by atoms with Crippen molar-refractivity contribution in [3.8, 4) is 11.5 Å². The summed E-state index contributed by atoms with van der Waals surface area (Å²) >= 11 is 0. The fourth-order valence-corrected chi connectivity index (χ4v) is 6.40. The fourth-order valence-electron chi connectivity index (χ4n) is 6.40. The highest BCUT2D eigenvalue weighted by Gasteiger charge is 2.62. The van der Waals surface area contributed by atoms with Crippen LogP contribution in [0.15, 0.2) is 90.5 Å². The third-order valence-corrected chi connectivity index (χ3v) is 8.10. The highest BCUT2D eigenvalue weighted by atomic mass is 16.5. The van der Waals surface area contributed by atoms with E-state index in [2.05, 4.69) is 12.2 Å². The summed E-state index contributed by atoms with van der Waals surface area (Å²) in [6.07, 6.45) is 4.11. The van der Waals surface area contributed by atoms with Crippen molar-refractivity contribution < 1.29 is 28.6 Å². The van der Waals surface area contributed by atoms with Crippen LogP contribution in [-0.2, 0) is 14.3 Å². The number of benzene rings is 3. The van der Waals surface area contributed by atoms with E-state index in [1.165, 1.54) is 4.90 Å². The molecule has 0 aromatic heterocycles. The molecule has 1 saturated carbocycles. The van der Waals surface area contributed by atoms with Crippen LogP contribution in [0.5, 0.6) is 11.5 Å². The van der Waals surface area contributed by atoms with Gasteiger partial charge in [-0.3, -0.25) is 9.59 Å². The number of methoxy groups -OCH3 is 2. The molecule has 0 radical (unpaired) electrons. The first-order chi connectivity index (χ1) is 19.5. The number of anilines is 1. The van der Waals surface area contributed by atoms with Crippen molar-refractivity contribution in [2.24, 2.45) is 23.7 Å². The number of fused-ring (bicyclic) bond motifs is 5. The maximum atomic E-state index is 14.0. The summed E-state index contributed by atoms with van der Waals surface area (Å²) in [4.78, 5) is 41.8. The average molecular weight is 536 g/mol. The molecule has 0 spiro atoms. The molecule has 7 heteroatoms. The maximum Gasteiger partial charge on any atom is 0.340 e. The Hall–Kier alpha value is -4.65. The highest BCUT2D eigenvalue weighted by molar-refractivity contribution is 6.25. The number of esters is 1. The molecule has 0 unspecified atom stereocenters. The SMILES string of the molecule is CCOC(=O)c1ccccc1N1C(=O)[C@H]2[C@H](C1=O)[C@H]1C=C[C@H]2C1=C(c1ccc(OC)cc1)c1ccc(OC)cc1. The number of carbonyl (C=O) groups excluding carboxylic acids is 3. The van der Waals surface area contributed by atoms with E-state index in [0.717, 1.165) is 33.8 Å². The van der Waals surface area contributed by atoms with Gasteiger partial charge in [0.05, 0.1) is 43.9 Å². The van der Waals surface area contributed by atoms with Gasteiger partial charge in [-0.05, 0) is 65.6 Å². The Bertz CT molecular complexity index is 1470. The zero-order valence-electron chi connectivity index (χ0n) is 22.5. The number of para-hydroxylation sites is 1. The van der Waals surface area contributed by atoms with Crippen LogP contribution in [0.4, 0.5) is 5.69 Å². The maximum absolute atomic E-state index is 14.0. The number of carbonyl (C=O) groups is 3. The van der Waals surface area contributed by atoms with E-state index in [-0.39, 0.29) is 41.5 Å². The highest BCUT2D eigenvalue weighted by Crippen LogP contribution is 2.59. The predicted octanol–water partition coefficient (Wildman–Crippen LogP) is 5.30. The van der Waals surface area contributed by atoms with Crippen molar-refractivity contribution >= 4 is 29.0 Å². The molecule has 3 aromatic carbocycles. The first kappa shape index (κ1) is 25.6. The number of imide groups is 1. The van der Waals surface area contributed by atoms with E-state index in [0.29, 0.717) is 0 Å². The van der Waals surface area contributed by atoms with Crippen LogP contribution < -0.4 is 14.4 Å². The van der Waals surface area contributed by atoms with Gasteiger partial charge in [0.2, 0.25) is 11.8 Å².